The lowest BCUT2D eigenvalue weighted by atomic mass is 9.95. The highest BCUT2D eigenvalue weighted by Crippen LogP contribution is 2.18. The fourth-order valence-corrected chi connectivity index (χ4v) is 1.37. The Labute approximate surface area is 102 Å². The number of aliphatic carboxylic acids is 1. The van der Waals surface area contributed by atoms with Gasteiger partial charge in [-0.2, -0.15) is 0 Å². The highest BCUT2D eigenvalue weighted by atomic mass is 16.5. The van der Waals surface area contributed by atoms with E-state index in [4.69, 9.17) is 9.84 Å². The third kappa shape index (κ3) is 8.25. The summed E-state index contributed by atoms with van der Waals surface area (Å²) in [5.74, 6) is -1.17. The van der Waals surface area contributed by atoms with Crippen molar-refractivity contribution in [2.24, 2.45) is 5.92 Å². The van der Waals surface area contributed by atoms with E-state index in [9.17, 15) is 9.59 Å². The highest BCUT2D eigenvalue weighted by molar-refractivity contribution is 5.80. The number of hydrogen-bond acceptors (Lipinski definition) is 3. The van der Waals surface area contributed by atoms with Crippen LogP contribution in [0.15, 0.2) is 23.8 Å². The maximum absolute atomic E-state index is 10.7. The fourth-order valence-electron chi connectivity index (χ4n) is 1.37. The van der Waals surface area contributed by atoms with Crippen LogP contribution >= 0.6 is 0 Å². The molecule has 0 spiro atoms. The van der Waals surface area contributed by atoms with E-state index in [1.807, 2.05) is 6.92 Å². The lowest BCUT2D eigenvalue weighted by molar-refractivity contribution is -0.142. The first kappa shape index (κ1) is 15.4. The summed E-state index contributed by atoms with van der Waals surface area (Å²) >= 11 is 0. The molecule has 0 heterocycles. The van der Waals surface area contributed by atoms with E-state index in [1.165, 1.54) is 13.0 Å². The summed E-state index contributed by atoms with van der Waals surface area (Å²) in [6, 6.07) is 0. The van der Waals surface area contributed by atoms with Crippen LogP contribution < -0.4 is 0 Å². The predicted molar refractivity (Wildman–Crippen MR) is 65.6 cm³/mol. The van der Waals surface area contributed by atoms with Crippen LogP contribution in [0.1, 0.15) is 33.6 Å². The zero-order valence-corrected chi connectivity index (χ0v) is 10.7. The van der Waals surface area contributed by atoms with Gasteiger partial charge in [-0.1, -0.05) is 17.7 Å². The number of carboxylic acids is 1. The molecule has 1 N–H and O–H groups in total. The second-order valence-electron chi connectivity index (χ2n) is 4.21. The minimum absolute atomic E-state index is 0.0797. The first-order valence-corrected chi connectivity index (χ1v) is 5.51. The summed E-state index contributed by atoms with van der Waals surface area (Å²) in [4.78, 5) is 21.2. The van der Waals surface area contributed by atoms with E-state index in [0.717, 1.165) is 17.6 Å². The molecule has 1 atom stereocenters. The Bertz CT molecular complexity index is 328. The third-order valence-corrected chi connectivity index (χ3v) is 2.44. The molecule has 0 radical (unpaired) electrons. The lowest BCUT2D eigenvalue weighted by Crippen LogP contribution is -2.13. The summed E-state index contributed by atoms with van der Waals surface area (Å²) in [5, 5.41) is 8.57. The average Bonchev–Trinajstić information content (AvgIpc) is 2.15. The van der Waals surface area contributed by atoms with E-state index < -0.39 is 5.97 Å². The molecule has 0 bridgehead atoms. The van der Waals surface area contributed by atoms with Crippen molar-refractivity contribution in [2.75, 3.05) is 6.61 Å². The van der Waals surface area contributed by atoms with Crippen LogP contribution in [0.4, 0.5) is 0 Å². The summed E-state index contributed by atoms with van der Waals surface area (Å²) in [7, 11) is 0. The Balaban J connectivity index is 4.22. The van der Waals surface area contributed by atoms with Crippen molar-refractivity contribution in [1.82, 2.24) is 0 Å². The minimum Gasteiger partial charge on any atom is -0.478 e. The smallest absolute Gasteiger partial charge is 0.328 e. The van der Waals surface area contributed by atoms with Crippen molar-refractivity contribution in [3.63, 3.8) is 0 Å². The van der Waals surface area contributed by atoms with Crippen molar-refractivity contribution in [3.05, 3.63) is 23.8 Å². The van der Waals surface area contributed by atoms with Crippen molar-refractivity contribution in [1.29, 1.82) is 0 Å². The van der Waals surface area contributed by atoms with Crippen molar-refractivity contribution >= 4 is 11.9 Å². The molecule has 0 aliphatic rings. The maximum atomic E-state index is 10.7. The molecule has 0 fully saturated rings. The van der Waals surface area contributed by atoms with Gasteiger partial charge in [0.25, 0.3) is 0 Å². The molecule has 0 aromatic rings. The highest BCUT2D eigenvalue weighted by Gasteiger charge is 2.11. The molecule has 0 rings (SSSR count). The Hall–Kier alpha value is -1.58. The van der Waals surface area contributed by atoms with Gasteiger partial charge in [0.1, 0.15) is 0 Å². The number of allylic oxidation sites excluding steroid dienone is 1. The van der Waals surface area contributed by atoms with E-state index in [1.54, 1.807) is 6.92 Å². The number of carbonyl (C=O) groups is 2. The molecule has 4 heteroatoms. The van der Waals surface area contributed by atoms with Crippen molar-refractivity contribution in [2.45, 2.75) is 33.6 Å². The summed E-state index contributed by atoms with van der Waals surface area (Å²) in [5.41, 5.74) is 1.74. The van der Waals surface area contributed by atoms with Crippen molar-refractivity contribution < 1.29 is 19.4 Å². The molecule has 0 aliphatic heterocycles. The lowest BCUT2D eigenvalue weighted by Gasteiger charge is -2.16. The van der Waals surface area contributed by atoms with Crippen LogP contribution in [0.5, 0.6) is 0 Å². The average molecular weight is 240 g/mol. The van der Waals surface area contributed by atoms with Crippen LogP contribution in [0.25, 0.3) is 0 Å². The second-order valence-corrected chi connectivity index (χ2v) is 4.21. The fraction of sp³-hybridized carbons (Fsp3) is 0.538. The van der Waals surface area contributed by atoms with Gasteiger partial charge < -0.3 is 9.84 Å². The molecular formula is C13H20O4. The van der Waals surface area contributed by atoms with Gasteiger partial charge in [-0.15, -0.1) is 0 Å². The molecule has 0 aromatic carbocycles. The third-order valence-electron chi connectivity index (χ3n) is 2.44. The molecule has 0 amide bonds. The number of carbonyl (C=O) groups excluding carboxylic acids is 1. The first-order chi connectivity index (χ1) is 7.82. The van der Waals surface area contributed by atoms with Crippen LogP contribution in [-0.4, -0.2) is 23.7 Å². The molecular weight excluding hydrogens is 220 g/mol. The van der Waals surface area contributed by atoms with Crippen LogP contribution in [0.3, 0.4) is 0 Å². The van der Waals surface area contributed by atoms with E-state index in [0.29, 0.717) is 13.0 Å². The minimum atomic E-state index is -0.936. The normalized spacial score (nSPS) is 13.0. The molecule has 0 saturated heterocycles. The molecule has 0 aliphatic carbocycles. The van der Waals surface area contributed by atoms with Gasteiger partial charge in [0.05, 0.1) is 6.61 Å². The Morgan fingerprint density at radius 2 is 1.94 bits per heavy atom. The summed E-state index contributed by atoms with van der Waals surface area (Å²) in [6.45, 7) is 9.17. The Kier molecular flexibility index (Phi) is 6.94. The second kappa shape index (κ2) is 7.65. The van der Waals surface area contributed by atoms with Gasteiger partial charge >= 0.3 is 11.9 Å². The van der Waals surface area contributed by atoms with Crippen LogP contribution in [-0.2, 0) is 14.3 Å². The standard InChI is InChI=1S/C13H20O4/c1-9(2)12(8-17-11(4)14)6-5-10(3)7-13(15)16/h7,12H,1,5-6,8H2,2-4H3,(H,15,16). The summed E-state index contributed by atoms with van der Waals surface area (Å²) in [6.07, 6.45) is 2.59. The number of esters is 1. The molecule has 0 aromatic heterocycles. The maximum Gasteiger partial charge on any atom is 0.328 e. The Morgan fingerprint density at radius 3 is 2.35 bits per heavy atom. The quantitative estimate of drug-likeness (QED) is 0.422. The Morgan fingerprint density at radius 1 is 1.35 bits per heavy atom. The van der Waals surface area contributed by atoms with Crippen LogP contribution in [0, 0.1) is 5.92 Å². The number of ether oxygens (including phenoxy) is 1. The molecule has 96 valence electrons. The molecule has 17 heavy (non-hydrogen) atoms. The van der Waals surface area contributed by atoms with Gasteiger partial charge in [-0.25, -0.2) is 4.79 Å². The van der Waals surface area contributed by atoms with E-state index in [2.05, 4.69) is 6.58 Å². The molecule has 4 nitrogen and oxygen atoms in total. The number of rotatable bonds is 7. The molecule has 1 unspecified atom stereocenters. The zero-order chi connectivity index (χ0) is 13.4. The molecule has 0 saturated carbocycles. The topological polar surface area (TPSA) is 63.6 Å². The first-order valence-electron chi connectivity index (χ1n) is 5.51. The zero-order valence-electron chi connectivity index (χ0n) is 10.7. The van der Waals surface area contributed by atoms with Gasteiger partial charge in [0.15, 0.2) is 0 Å². The van der Waals surface area contributed by atoms with E-state index in [-0.39, 0.29) is 11.9 Å². The van der Waals surface area contributed by atoms with Crippen LogP contribution in [0.2, 0.25) is 0 Å². The van der Waals surface area contributed by atoms with E-state index >= 15 is 0 Å². The van der Waals surface area contributed by atoms with Crippen molar-refractivity contribution in [3.8, 4) is 0 Å². The predicted octanol–water partition coefficient (Wildman–Crippen LogP) is 2.55. The van der Waals surface area contributed by atoms with Gasteiger partial charge in [-0.05, 0) is 26.7 Å². The van der Waals surface area contributed by atoms with Gasteiger partial charge in [0, 0.05) is 18.9 Å². The van der Waals surface area contributed by atoms with Gasteiger partial charge in [-0.3, -0.25) is 4.79 Å². The van der Waals surface area contributed by atoms with Gasteiger partial charge in [0.2, 0.25) is 0 Å². The number of hydrogen-bond donors (Lipinski definition) is 1. The number of carboxylic acid groups (broad SMARTS) is 1. The monoisotopic (exact) mass is 240 g/mol. The largest absolute Gasteiger partial charge is 0.478 e. The summed E-state index contributed by atoms with van der Waals surface area (Å²) < 4.78 is 4.94. The SMILES string of the molecule is C=C(C)C(CCC(C)=CC(=O)O)COC(C)=O.